The van der Waals surface area contributed by atoms with Crippen LogP contribution >= 0.6 is 0 Å². The molecule has 54 heavy (non-hydrogen) atoms. The Labute approximate surface area is 306 Å². The summed E-state index contributed by atoms with van der Waals surface area (Å²) >= 11 is 0. The zero-order chi connectivity index (χ0) is 38.0. The van der Waals surface area contributed by atoms with Crippen LogP contribution in [0, 0.1) is 17.6 Å². The highest BCUT2D eigenvalue weighted by Crippen LogP contribution is 2.42. The summed E-state index contributed by atoms with van der Waals surface area (Å²) < 4.78 is 89.1. The number of amides is 1. The number of anilines is 1. The summed E-state index contributed by atoms with van der Waals surface area (Å²) in [5.74, 6) is -4.47. The van der Waals surface area contributed by atoms with Gasteiger partial charge >= 0.3 is 5.97 Å². The number of halogens is 3. The molecule has 11 nitrogen and oxygen atoms in total. The van der Waals surface area contributed by atoms with Crippen molar-refractivity contribution in [2.75, 3.05) is 25.0 Å². The van der Waals surface area contributed by atoms with Crippen LogP contribution < -0.4 is 19.5 Å². The third kappa shape index (κ3) is 7.25. The Kier molecular flexibility index (Phi) is 9.88. The van der Waals surface area contributed by atoms with Gasteiger partial charge in [-0.2, -0.15) is 4.39 Å². The molecular formula is C39H29F3N4O7S. The Balaban J connectivity index is 1.11. The number of carbonyl (C=O) groups excluding carboxylic acids is 2. The summed E-state index contributed by atoms with van der Waals surface area (Å²) in [6.45, 7) is 0.793. The molecule has 2 aromatic heterocycles. The molecule has 0 spiro atoms. The van der Waals surface area contributed by atoms with Gasteiger partial charge in [0.2, 0.25) is 5.95 Å². The number of carbonyl (C=O) groups is 2. The molecule has 4 aromatic carbocycles. The van der Waals surface area contributed by atoms with E-state index in [1.165, 1.54) is 36.5 Å². The summed E-state index contributed by atoms with van der Waals surface area (Å²) in [6.07, 6.45) is 2.74. The normalized spacial score (nSPS) is 12.9. The molecule has 0 fully saturated rings. The molecule has 3 heterocycles. The lowest BCUT2D eigenvalue weighted by atomic mass is 9.94. The van der Waals surface area contributed by atoms with Gasteiger partial charge in [-0.1, -0.05) is 42.5 Å². The topological polar surface area (TPSA) is 146 Å². The highest BCUT2D eigenvalue weighted by Gasteiger charge is 2.28. The van der Waals surface area contributed by atoms with E-state index < -0.39 is 56.8 Å². The summed E-state index contributed by atoms with van der Waals surface area (Å²) in [5.41, 5.74) is 2.05. The number of hydrogen-bond acceptors (Lipinski definition) is 9. The van der Waals surface area contributed by atoms with Gasteiger partial charge in [-0.3, -0.25) is 14.5 Å². The summed E-state index contributed by atoms with van der Waals surface area (Å²) in [5, 5.41) is 3.01. The van der Waals surface area contributed by atoms with Gasteiger partial charge in [-0.25, -0.2) is 27.0 Å². The van der Waals surface area contributed by atoms with Crippen molar-refractivity contribution in [1.82, 2.24) is 15.3 Å². The maximum absolute atomic E-state index is 15.4. The maximum Gasteiger partial charge on any atom is 0.328 e. The Morgan fingerprint density at radius 3 is 2.33 bits per heavy atom. The minimum absolute atomic E-state index is 0.136. The van der Waals surface area contributed by atoms with Crippen molar-refractivity contribution < 1.29 is 45.4 Å². The number of sulfonamides is 1. The van der Waals surface area contributed by atoms with E-state index in [-0.39, 0.29) is 11.3 Å². The summed E-state index contributed by atoms with van der Waals surface area (Å²) in [7, 11) is -3.24. The standard InChI is InChI=1S/C39H29F3N4O7S/c1-51-39(48)32(18-24-9-12-28(36-27(24)5-3-14-44-36)29-4-2-6-33-37(29)53-17-16-52-33)45-38(47)35-30(40)20-25(21-31(35)41)46-54(49,50)26-10-7-22(8-11-26)23-13-15-43-34(42)19-23/h2-15,19-21,32,46H,16-18H2,1H3,(H,45,47)/t32-/m0/s1. The van der Waals surface area contributed by atoms with Gasteiger partial charge in [0.1, 0.15) is 36.5 Å². The van der Waals surface area contributed by atoms with Crippen molar-refractivity contribution in [2.24, 2.45) is 0 Å². The first-order chi connectivity index (χ1) is 26.0. The van der Waals surface area contributed by atoms with E-state index in [4.69, 9.17) is 14.2 Å². The minimum atomic E-state index is -4.35. The Morgan fingerprint density at radius 1 is 0.833 bits per heavy atom. The van der Waals surface area contributed by atoms with Gasteiger partial charge in [-0.15, -0.1) is 0 Å². The van der Waals surface area contributed by atoms with Crippen molar-refractivity contribution in [3.63, 3.8) is 0 Å². The molecule has 2 N–H and O–H groups in total. The third-order valence-electron chi connectivity index (χ3n) is 8.68. The van der Waals surface area contributed by atoms with Crippen molar-refractivity contribution in [3.05, 3.63) is 132 Å². The van der Waals surface area contributed by atoms with Crippen LogP contribution in [0.4, 0.5) is 18.9 Å². The van der Waals surface area contributed by atoms with E-state index in [1.54, 1.807) is 42.6 Å². The van der Waals surface area contributed by atoms with Crippen molar-refractivity contribution >= 4 is 38.5 Å². The van der Waals surface area contributed by atoms with Crippen molar-refractivity contribution in [1.29, 1.82) is 0 Å². The fourth-order valence-corrected chi connectivity index (χ4v) is 7.21. The third-order valence-corrected chi connectivity index (χ3v) is 10.1. The molecule has 1 amide bonds. The first-order valence-electron chi connectivity index (χ1n) is 16.4. The van der Waals surface area contributed by atoms with Gasteiger partial charge in [0.25, 0.3) is 15.9 Å². The quantitative estimate of drug-likeness (QED) is 0.119. The molecular weight excluding hydrogens is 726 g/mol. The molecule has 15 heteroatoms. The van der Waals surface area contributed by atoms with Gasteiger partial charge < -0.3 is 19.5 Å². The SMILES string of the molecule is COC(=O)[C@H](Cc1ccc(-c2cccc3c2OCCO3)c2ncccc12)NC(=O)c1c(F)cc(NS(=O)(=O)c2ccc(-c3ccnc(F)c3)cc2)cc1F. The van der Waals surface area contributed by atoms with E-state index in [1.807, 2.05) is 12.1 Å². The average Bonchev–Trinajstić information content (AvgIpc) is 3.17. The Morgan fingerprint density at radius 2 is 1.59 bits per heavy atom. The number of esters is 1. The fraction of sp³-hybridized carbons (Fsp3) is 0.128. The predicted molar refractivity (Wildman–Crippen MR) is 192 cm³/mol. The van der Waals surface area contributed by atoms with Gasteiger partial charge in [-0.05, 0) is 59.2 Å². The zero-order valence-corrected chi connectivity index (χ0v) is 29.1. The van der Waals surface area contributed by atoms with E-state index >= 15 is 8.78 Å². The lowest BCUT2D eigenvalue weighted by Crippen LogP contribution is -2.43. The number of fused-ring (bicyclic) bond motifs is 2. The molecule has 1 aliphatic rings. The smallest absolute Gasteiger partial charge is 0.328 e. The van der Waals surface area contributed by atoms with Crippen LogP contribution in [-0.2, 0) is 26.0 Å². The summed E-state index contributed by atoms with van der Waals surface area (Å²) in [6, 6.07) is 20.5. The van der Waals surface area contributed by atoms with Gasteiger partial charge in [0.05, 0.1) is 23.2 Å². The molecule has 0 radical (unpaired) electrons. The lowest BCUT2D eigenvalue weighted by Gasteiger charge is -2.22. The van der Waals surface area contributed by atoms with Gasteiger partial charge in [0.15, 0.2) is 11.5 Å². The molecule has 1 aliphatic heterocycles. The second-order valence-electron chi connectivity index (χ2n) is 12.1. The van der Waals surface area contributed by atoms with Crippen LogP contribution in [-0.4, -0.2) is 56.6 Å². The van der Waals surface area contributed by atoms with E-state index in [0.29, 0.717) is 64.4 Å². The molecule has 7 rings (SSSR count). The Hall–Kier alpha value is -6.48. The number of rotatable bonds is 10. The van der Waals surface area contributed by atoms with E-state index in [2.05, 4.69) is 20.0 Å². The number of hydrogen-bond donors (Lipinski definition) is 2. The number of aromatic nitrogens is 2. The second-order valence-corrected chi connectivity index (χ2v) is 13.7. The highest BCUT2D eigenvalue weighted by atomic mass is 32.2. The number of ether oxygens (including phenoxy) is 3. The van der Waals surface area contributed by atoms with Crippen molar-refractivity contribution in [3.8, 4) is 33.8 Å². The largest absolute Gasteiger partial charge is 0.486 e. The first-order valence-corrected chi connectivity index (χ1v) is 17.9. The molecule has 274 valence electrons. The lowest BCUT2D eigenvalue weighted by molar-refractivity contribution is -0.142. The van der Waals surface area contributed by atoms with Crippen molar-refractivity contribution in [2.45, 2.75) is 17.4 Å². The fourth-order valence-electron chi connectivity index (χ4n) is 6.17. The van der Waals surface area contributed by atoms with Crippen LogP contribution in [0.2, 0.25) is 0 Å². The number of methoxy groups -OCH3 is 1. The maximum atomic E-state index is 15.4. The van der Waals surface area contributed by atoms with Crippen LogP contribution in [0.25, 0.3) is 33.2 Å². The molecule has 1 atom stereocenters. The number of benzene rings is 4. The first kappa shape index (κ1) is 35.9. The van der Waals surface area contributed by atoms with E-state index in [9.17, 15) is 22.4 Å². The monoisotopic (exact) mass is 754 g/mol. The van der Waals surface area contributed by atoms with Crippen LogP contribution in [0.3, 0.4) is 0 Å². The molecule has 0 aliphatic carbocycles. The predicted octanol–water partition coefficient (Wildman–Crippen LogP) is 6.47. The number of nitrogens with zero attached hydrogens (tertiary/aromatic N) is 2. The highest BCUT2D eigenvalue weighted by molar-refractivity contribution is 7.92. The average molecular weight is 755 g/mol. The number of nitrogens with one attached hydrogen (secondary N) is 2. The molecule has 6 aromatic rings. The Bertz CT molecular complexity index is 2510. The zero-order valence-electron chi connectivity index (χ0n) is 28.3. The molecule has 0 bridgehead atoms. The molecule has 0 saturated heterocycles. The number of para-hydroxylation sites is 1. The minimum Gasteiger partial charge on any atom is -0.486 e. The molecule has 0 unspecified atom stereocenters. The number of pyridine rings is 2. The van der Waals surface area contributed by atoms with Crippen LogP contribution in [0.15, 0.2) is 108 Å². The van der Waals surface area contributed by atoms with E-state index in [0.717, 1.165) is 18.2 Å². The molecule has 0 saturated carbocycles. The van der Waals surface area contributed by atoms with Crippen LogP contribution in [0.1, 0.15) is 15.9 Å². The van der Waals surface area contributed by atoms with Gasteiger partial charge in [0, 0.05) is 41.4 Å². The second kappa shape index (κ2) is 14.9. The summed E-state index contributed by atoms with van der Waals surface area (Å²) in [4.78, 5) is 34.1. The van der Waals surface area contributed by atoms with Crippen LogP contribution in [0.5, 0.6) is 11.5 Å².